The van der Waals surface area contributed by atoms with Crippen LogP contribution in [0.1, 0.15) is 17.5 Å². The highest BCUT2D eigenvalue weighted by molar-refractivity contribution is 6.03. The van der Waals surface area contributed by atoms with Crippen LogP contribution in [0.25, 0.3) is 0 Å². The molecule has 2 amide bonds. The van der Waals surface area contributed by atoms with Crippen LogP contribution in [0.5, 0.6) is 0 Å². The van der Waals surface area contributed by atoms with E-state index >= 15 is 0 Å². The van der Waals surface area contributed by atoms with Gasteiger partial charge in [0, 0.05) is 24.3 Å². The van der Waals surface area contributed by atoms with Crippen molar-refractivity contribution >= 4 is 23.2 Å². The maximum Gasteiger partial charge on any atom is 0.229 e. The van der Waals surface area contributed by atoms with Crippen molar-refractivity contribution in [2.24, 2.45) is 5.92 Å². The topological polar surface area (TPSA) is 69.6 Å². The minimum Gasteiger partial charge on any atom is -0.392 e. The van der Waals surface area contributed by atoms with Gasteiger partial charge in [0.15, 0.2) is 0 Å². The van der Waals surface area contributed by atoms with Crippen LogP contribution in [0.15, 0.2) is 42.5 Å². The van der Waals surface area contributed by atoms with Gasteiger partial charge >= 0.3 is 0 Å². The summed E-state index contributed by atoms with van der Waals surface area (Å²) in [6.07, 6.45) is 0.113. The van der Waals surface area contributed by atoms with Gasteiger partial charge in [0.25, 0.3) is 0 Å². The fraction of sp³-hybridized carbons (Fsp3) is 0.263. The lowest BCUT2D eigenvalue weighted by molar-refractivity contribution is -0.122. The Morgan fingerprint density at radius 1 is 1.32 bits per heavy atom. The van der Waals surface area contributed by atoms with E-state index in [0.717, 1.165) is 0 Å². The minimum absolute atomic E-state index is 0.108. The zero-order chi connectivity index (χ0) is 18.0. The van der Waals surface area contributed by atoms with E-state index in [1.807, 2.05) is 0 Å². The molecule has 0 aliphatic carbocycles. The van der Waals surface area contributed by atoms with Gasteiger partial charge in [-0.15, -0.1) is 0 Å². The molecule has 25 heavy (non-hydrogen) atoms. The summed E-state index contributed by atoms with van der Waals surface area (Å²) in [4.78, 5) is 26.2. The lowest BCUT2D eigenvalue weighted by Crippen LogP contribution is -2.28. The number of hydrogen-bond donors (Lipinski definition) is 2. The molecule has 0 saturated carbocycles. The van der Waals surface area contributed by atoms with E-state index < -0.39 is 5.92 Å². The van der Waals surface area contributed by atoms with Crippen LogP contribution in [0, 0.1) is 18.7 Å². The summed E-state index contributed by atoms with van der Waals surface area (Å²) in [6, 6.07) is 11.4. The quantitative estimate of drug-likeness (QED) is 0.897. The lowest BCUT2D eigenvalue weighted by atomic mass is 10.1. The number of nitrogens with zero attached hydrogens (tertiary/aromatic N) is 1. The number of aryl methyl sites for hydroxylation is 1. The molecule has 0 radical (unpaired) electrons. The first kappa shape index (κ1) is 17.1. The number of benzene rings is 2. The lowest BCUT2D eigenvalue weighted by Gasteiger charge is -2.17. The number of anilines is 2. The van der Waals surface area contributed by atoms with E-state index in [2.05, 4.69) is 5.32 Å². The molecule has 1 unspecified atom stereocenters. The van der Waals surface area contributed by atoms with Gasteiger partial charge in [0.05, 0.1) is 12.5 Å². The smallest absolute Gasteiger partial charge is 0.229 e. The largest absolute Gasteiger partial charge is 0.392 e. The summed E-state index contributed by atoms with van der Waals surface area (Å²) in [7, 11) is 0. The Balaban J connectivity index is 1.70. The summed E-state index contributed by atoms with van der Waals surface area (Å²) >= 11 is 0. The van der Waals surface area contributed by atoms with Gasteiger partial charge in [-0.1, -0.05) is 12.1 Å². The van der Waals surface area contributed by atoms with E-state index in [4.69, 9.17) is 5.11 Å². The number of halogens is 1. The molecule has 6 heteroatoms. The van der Waals surface area contributed by atoms with E-state index in [1.165, 1.54) is 11.0 Å². The first-order valence-electron chi connectivity index (χ1n) is 8.05. The minimum atomic E-state index is -0.476. The highest BCUT2D eigenvalue weighted by atomic mass is 19.1. The van der Waals surface area contributed by atoms with E-state index in [1.54, 1.807) is 43.3 Å². The van der Waals surface area contributed by atoms with E-state index in [9.17, 15) is 14.0 Å². The molecule has 0 spiro atoms. The number of nitrogens with one attached hydrogen (secondary N) is 1. The van der Waals surface area contributed by atoms with Crippen LogP contribution < -0.4 is 10.2 Å². The maximum atomic E-state index is 13.4. The predicted molar refractivity (Wildman–Crippen MR) is 92.6 cm³/mol. The molecular weight excluding hydrogens is 323 g/mol. The second-order valence-corrected chi connectivity index (χ2v) is 6.19. The highest BCUT2D eigenvalue weighted by Gasteiger charge is 2.35. The Kier molecular flexibility index (Phi) is 4.81. The molecule has 1 heterocycles. The van der Waals surface area contributed by atoms with Crippen molar-refractivity contribution in [3.63, 3.8) is 0 Å². The van der Waals surface area contributed by atoms with Crippen LogP contribution in [0.2, 0.25) is 0 Å². The molecule has 1 aliphatic heterocycles. The summed E-state index contributed by atoms with van der Waals surface area (Å²) < 4.78 is 13.4. The predicted octanol–water partition coefficient (Wildman–Crippen LogP) is 2.62. The van der Waals surface area contributed by atoms with Crippen LogP contribution in [0.3, 0.4) is 0 Å². The average molecular weight is 342 g/mol. The molecule has 130 valence electrons. The zero-order valence-corrected chi connectivity index (χ0v) is 13.8. The third kappa shape index (κ3) is 3.69. The molecule has 2 N–H and O–H groups in total. The van der Waals surface area contributed by atoms with Crippen molar-refractivity contribution in [1.29, 1.82) is 0 Å². The van der Waals surface area contributed by atoms with Crippen molar-refractivity contribution in [1.82, 2.24) is 0 Å². The molecule has 0 bridgehead atoms. The summed E-state index contributed by atoms with van der Waals surface area (Å²) in [5.74, 6) is -1.20. The summed E-state index contributed by atoms with van der Waals surface area (Å²) in [5, 5.41) is 11.9. The van der Waals surface area contributed by atoms with E-state index in [-0.39, 0.29) is 37.2 Å². The number of carbonyl (C=O) groups is 2. The van der Waals surface area contributed by atoms with E-state index in [0.29, 0.717) is 22.5 Å². The van der Waals surface area contributed by atoms with Crippen LogP contribution >= 0.6 is 0 Å². The van der Waals surface area contributed by atoms with Gasteiger partial charge in [-0.3, -0.25) is 9.59 Å². The molecule has 1 fully saturated rings. The first-order valence-corrected chi connectivity index (χ1v) is 8.05. The Morgan fingerprint density at radius 3 is 2.84 bits per heavy atom. The summed E-state index contributed by atoms with van der Waals surface area (Å²) in [6.45, 7) is 1.79. The molecule has 3 rings (SSSR count). The fourth-order valence-corrected chi connectivity index (χ4v) is 2.92. The second-order valence-electron chi connectivity index (χ2n) is 6.19. The van der Waals surface area contributed by atoms with Gasteiger partial charge in [0.2, 0.25) is 11.8 Å². The number of carbonyl (C=O) groups excluding carboxylic acids is 2. The number of rotatable bonds is 4. The van der Waals surface area contributed by atoms with Gasteiger partial charge in [-0.2, -0.15) is 0 Å². The van der Waals surface area contributed by atoms with Gasteiger partial charge in [-0.05, 0) is 48.4 Å². The fourth-order valence-electron chi connectivity index (χ4n) is 2.92. The second kappa shape index (κ2) is 7.03. The number of aliphatic hydroxyl groups is 1. The number of amides is 2. The molecule has 2 aromatic rings. The highest BCUT2D eigenvalue weighted by Crippen LogP contribution is 2.27. The molecule has 1 atom stereocenters. The SMILES string of the molecule is Cc1cc(N2CC(C(=O)Nc3cccc(CO)c3)CC2=O)ccc1F. The van der Waals surface area contributed by atoms with Gasteiger partial charge < -0.3 is 15.3 Å². The molecule has 2 aromatic carbocycles. The average Bonchev–Trinajstić information content (AvgIpc) is 2.99. The van der Waals surface area contributed by atoms with Crippen molar-refractivity contribution in [2.75, 3.05) is 16.8 Å². The third-order valence-electron chi connectivity index (χ3n) is 4.33. The molecular formula is C19H19FN2O3. The molecule has 1 aliphatic rings. The Bertz CT molecular complexity index is 822. The maximum absolute atomic E-state index is 13.4. The first-order chi connectivity index (χ1) is 12.0. The molecule has 0 aromatic heterocycles. The molecule has 1 saturated heterocycles. The van der Waals surface area contributed by atoms with Crippen LogP contribution in [-0.2, 0) is 16.2 Å². The Morgan fingerprint density at radius 2 is 2.12 bits per heavy atom. The van der Waals surface area contributed by atoms with Crippen LogP contribution in [-0.4, -0.2) is 23.5 Å². The molecule has 5 nitrogen and oxygen atoms in total. The van der Waals surface area contributed by atoms with Crippen molar-refractivity contribution in [2.45, 2.75) is 20.0 Å². The Hall–Kier alpha value is -2.73. The van der Waals surface area contributed by atoms with Crippen LogP contribution in [0.4, 0.5) is 15.8 Å². The normalized spacial score (nSPS) is 17.0. The van der Waals surface area contributed by atoms with Crippen molar-refractivity contribution < 1.29 is 19.1 Å². The van der Waals surface area contributed by atoms with Gasteiger partial charge in [-0.25, -0.2) is 4.39 Å². The number of hydrogen-bond acceptors (Lipinski definition) is 3. The third-order valence-corrected chi connectivity index (χ3v) is 4.33. The van der Waals surface area contributed by atoms with Gasteiger partial charge in [0.1, 0.15) is 5.82 Å². The number of aliphatic hydroxyl groups excluding tert-OH is 1. The monoisotopic (exact) mass is 342 g/mol. The Labute approximate surface area is 145 Å². The van der Waals surface area contributed by atoms with Crippen molar-refractivity contribution in [3.05, 3.63) is 59.4 Å². The standard InChI is InChI=1S/C19H19FN2O3/c1-12-7-16(5-6-17(12)20)22-10-14(9-18(22)24)19(25)21-15-4-2-3-13(8-15)11-23/h2-8,14,23H,9-11H2,1H3,(H,21,25). The zero-order valence-electron chi connectivity index (χ0n) is 13.8. The van der Waals surface area contributed by atoms with Crippen molar-refractivity contribution in [3.8, 4) is 0 Å². The summed E-state index contributed by atoms with van der Waals surface area (Å²) in [5.41, 5.74) is 2.34.